The van der Waals surface area contributed by atoms with Crippen molar-refractivity contribution in [1.82, 2.24) is 0 Å². The summed E-state index contributed by atoms with van der Waals surface area (Å²) in [5, 5.41) is 4.07. The van der Waals surface area contributed by atoms with Crippen molar-refractivity contribution in [3.63, 3.8) is 0 Å². The largest absolute Gasteiger partial charge is 0.462 e. The highest BCUT2D eigenvalue weighted by Gasteiger charge is 2.26. The lowest BCUT2D eigenvalue weighted by atomic mass is 10.1. The Morgan fingerprint density at radius 1 is 1.26 bits per heavy atom. The molecule has 0 aliphatic heterocycles. The molecule has 27 heavy (non-hydrogen) atoms. The molecule has 2 aromatic rings. The Balaban J connectivity index is 1.83. The molecule has 1 aliphatic rings. The third kappa shape index (κ3) is 4.99. The maximum absolute atomic E-state index is 12.5. The minimum absolute atomic E-state index is 0.281. The summed E-state index contributed by atoms with van der Waals surface area (Å²) in [6, 6.07) is 7.26. The number of rotatable bonds is 5. The molecular formula is C21H22ClNO3S. The van der Waals surface area contributed by atoms with E-state index in [0.29, 0.717) is 22.2 Å². The monoisotopic (exact) mass is 403 g/mol. The Labute approximate surface area is 168 Å². The maximum Gasteiger partial charge on any atom is 0.341 e. The molecule has 1 amide bonds. The van der Waals surface area contributed by atoms with Gasteiger partial charge in [-0.1, -0.05) is 30.2 Å². The number of hydrogen-bond donors (Lipinski definition) is 1. The first-order chi connectivity index (χ1) is 13.1. The van der Waals surface area contributed by atoms with Crippen LogP contribution in [0.15, 0.2) is 30.3 Å². The smallest absolute Gasteiger partial charge is 0.341 e. The highest BCUT2D eigenvalue weighted by atomic mass is 35.5. The second-order valence-electron chi connectivity index (χ2n) is 6.37. The maximum atomic E-state index is 12.5. The van der Waals surface area contributed by atoms with Crippen LogP contribution in [0.25, 0.3) is 6.08 Å². The van der Waals surface area contributed by atoms with Gasteiger partial charge < -0.3 is 10.1 Å². The van der Waals surface area contributed by atoms with E-state index in [1.807, 2.05) is 12.1 Å². The predicted octanol–water partition coefficient (Wildman–Crippen LogP) is 5.50. The number of aryl methyl sites for hydroxylation is 1. The first kappa shape index (κ1) is 19.6. The third-order valence-corrected chi connectivity index (χ3v) is 5.86. The average Bonchev–Trinajstić information content (AvgIpc) is 2.81. The number of halogens is 1. The van der Waals surface area contributed by atoms with Gasteiger partial charge in [-0.3, -0.25) is 4.79 Å². The van der Waals surface area contributed by atoms with Gasteiger partial charge in [0.25, 0.3) is 0 Å². The molecular weight excluding hydrogens is 382 g/mol. The van der Waals surface area contributed by atoms with E-state index in [2.05, 4.69) is 5.32 Å². The minimum atomic E-state index is -0.356. The molecule has 1 aliphatic carbocycles. The molecule has 1 N–H and O–H groups in total. The number of benzene rings is 1. The van der Waals surface area contributed by atoms with Crippen LogP contribution in [-0.2, 0) is 22.4 Å². The van der Waals surface area contributed by atoms with E-state index in [4.69, 9.17) is 16.3 Å². The van der Waals surface area contributed by atoms with Gasteiger partial charge >= 0.3 is 5.97 Å². The summed E-state index contributed by atoms with van der Waals surface area (Å²) in [7, 11) is 0. The van der Waals surface area contributed by atoms with Crippen LogP contribution < -0.4 is 5.32 Å². The van der Waals surface area contributed by atoms with E-state index in [1.165, 1.54) is 22.3 Å². The summed E-state index contributed by atoms with van der Waals surface area (Å²) in [6.07, 6.45) is 8.27. The molecule has 0 bridgehead atoms. The fourth-order valence-corrected chi connectivity index (χ4v) is 4.66. The Bertz CT molecular complexity index is 872. The van der Waals surface area contributed by atoms with Crippen molar-refractivity contribution >= 4 is 45.9 Å². The zero-order valence-electron chi connectivity index (χ0n) is 15.2. The van der Waals surface area contributed by atoms with Gasteiger partial charge in [-0.25, -0.2) is 4.79 Å². The van der Waals surface area contributed by atoms with Crippen molar-refractivity contribution < 1.29 is 14.3 Å². The van der Waals surface area contributed by atoms with Crippen LogP contribution in [0.2, 0.25) is 5.02 Å². The summed E-state index contributed by atoms with van der Waals surface area (Å²) < 4.78 is 5.24. The van der Waals surface area contributed by atoms with Gasteiger partial charge in [-0.15, -0.1) is 11.3 Å². The fraction of sp³-hybridized carbons (Fsp3) is 0.333. The topological polar surface area (TPSA) is 55.4 Å². The summed E-state index contributed by atoms with van der Waals surface area (Å²) in [6.45, 7) is 2.10. The second kappa shape index (κ2) is 9.20. The number of nitrogens with one attached hydrogen (secondary N) is 1. The van der Waals surface area contributed by atoms with Crippen LogP contribution >= 0.6 is 22.9 Å². The van der Waals surface area contributed by atoms with Gasteiger partial charge in [-0.2, -0.15) is 0 Å². The van der Waals surface area contributed by atoms with Crippen molar-refractivity contribution in [3.05, 3.63) is 56.9 Å². The van der Waals surface area contributed by atoms with Gasteiger partial charge in [0.05, 0.1) is 12.2 Å². The number of carbonyl (C=O) groups is 2. The van der Waals surface area contributed by atoms with E-state index >= 15 is 0 Å². The molecule has 0 saturated carbocycles. The molecule has 0 spiro atoms. The Hall–Kier alpha value is -2.11. The molecule has 3 rings (SSSR count). The lowest BCUT2D eigenvalue weighted by Gasteiger charge is -2.07. The van der Waals surface area contributed by atoms with Gasteiger partial charge in [-0.05, 0) is 61.9 Å². The van der Waals surface area contributed by atoms with Crippen molar-refractivity contribution in [2.24, 2.45) is 0 Å². The van der Waals surface area contributed by atoms with Crippen molar-refractivity contribution in [1.29, 1.82) is 0 Å². The summed E-state index contributed by atoms with van der Waals surface area (Å²) >= 11 is 7.46. The van der Waals surface area contributed by atoms with Crippen LogP contribution in [-0.4, -0.2) is 18.5 Å². The second-order valence-corrected chi connectivity index (χ2v) is 7.91. The van der Waals surface area contributed by atoms with E-state index in [1.54, 1.807) is 25.1 Å². The standard InChI is InChI=1S/C21H22ClNO3S/c1-2-26-21(25)19-16-9-4-3-5-10-17(16)27-20(19)23-18(24)12-11-14-7-6-8-15(22)13-14/h6-8,11-13H,2-5,9-10H2,1H3,(H,23,24). The normalized spacial score (nSPS) is 13.9. The first-order valence-electron chi connectivity index (χ1n) is 9.14. The van der Waals surface area contributed by atoms with Crippen molar-refractivity contribution in [2.75, 3.05) is 11.9 Å². The van der Waals surface area contributed by atoms with Gasteiger partial charge in [0, 0.05) is 16.0 Å². The number of carbonyl (C=O) groups excluding carboxylic acids is 2. The van der Waals surface area contributed by atoms with Crippen LogP contribution in [0, 0.1) is 0 Å². The van der Waals surface area contributed by atoms with Gasteiger partial charge in [0.1, 0.15) is 5.00 Å². The summed E-state index contributed by atoms with van der Waals surface area (Å²) in [5.74, 6) is -0.636. The lowest BCUT2D eigenvalue weighted by Crippen LogP contribution is -2.13. The van der Waals surface area contributed by atoms with Crippen LogP contribution in [0.3, 0.4) is 0 Å². The van der Waals surface area contributed by atoms with E-state index < -0.39 is 0 Å². The van der Waals surface area contributed by atoms with Crippen LogP contribution in [0.1, 0.15) is 52.5 Å². The molecule has 0 fully saturated rings. The highest BCUT2D eigenvalue weighted by Crippen LogP contribution is 2.38. The molecule has 0 unspecified atom stereocenters. The summed E-state index contributed by atoms with van der Waals surface area (Å²) in [4.78, 5) is 26.1. The van der Waals surface area contributed by atoms with E-state index in [9.17, 15) is 9.59 Å². The molecule has 0 atom stereocenters. The number of anilines is 1. The Kier molecular flexibility index (Phi) is 6.69. The van der Waals surface area contributed by atoms with Crippen molar-refractivity contribution in [3.8, 4) is 0 Å². The van der Waals surface area contributed by atoms with Crippen LogP contribution in [0.5, 0.6) is 0 Å². The molecule has 6 heteroatoms. The molecule has 1 aromatic heterocycles. The molecule has 1 heterocycles. The SMILES string of the molecule is CCOC(=O)c1c(NC(=O)C=Cc2cccc(Cl)c2)sc2c1CCCCC2. The number of thiophene rings is 1. The first-order valence-corrected chi connectivity index (χ1v) is 10.3. The van der Waals surface area contributed by atoms with Gasteiger partial charge in [0.2, 0.25) is 5.91 Å². The number of fused-ring (bicyclic) bond motifs is 1. The number of esters is 1. The number of amides is 1. The fourth-order valence-electron chi connectivity index (χ4n) is 3.19. The van der Waals surface area contributed by atoms with Crippen molar-refractivity contribution in [2.45, 2.75) is 39.0 Å². The lowest BCUT2D eigenvalue weighted by molar-refractivity contribution is -0.111. The highest BCUT2D eigenvalue weighted by molar-refractivity contribution is 7.17. The number of hydrogen-bond acceptors (Lipinski definition) is 4. The average molecular weight is 404 g/mol. The molecule has 142 valence electrons. The zero-order valence-corrected chi connectivity index (χ0v) is 16.8. The Morgan fingerprint density at radius 3 is 2.85 bits per heavy atom. The number of ether oxygens (including phenoxy) is 1. The predicted molar refractivity (Wildman–Crippen MR) is 111 cm³/mol. The van der Waals surface area contributed by atoms with Crippen LogP contribution in [0.4, 0.5) is 5.00 Å². The molecule has 1 aromatic carbocycles. The minimum Gasteiger partial charge on any atom is -0.462 e. The quantitative estimate of drug-likeness (QED) is 0.407. The van der Waals surface area contributed by atoms with Gasteiger partial charge in [0.15, 0.2) is 0 Å². The third-order valence-electron chi connectivity index (χ3n) is 4.41. The van der Waals surface area contributed by atoms with E-state index in [-0.39, 0.29) is 11.9 Å². The summed E-state index contributed by atoms with van der Waals surface area (Å²) in [5.41, 5.74) is 2.42. The zero-order chi connectivity index (χ0) is 19.2. The Morgan fingerprint density at radius 2 is 2.07 bits per heavy atom. The molecule has 0 saturated heterocycles. The molecule has 0 radical (unpaired) electrons. The van der Waals surface area contributed by atoms with E-state index in [0.717, 1.165) is 43.2 Å². The molecule has 4 nitrogen and oxygen atoms in total.